The van der Waals surface area contributed by atoms with E-state index in [1.807, 2.05) is 0 Å². The van der Waals surface area contributed by atoms with Crippen molar-refractivity contribution in [2.45, 2.75) is 77.8 Å². The van der Waals surface area contributed by atoms with Gasteiger partial charge in [0.15, 0.2) is 0 Å². The summed E-state index contributed by atoms with van der Waals surface area (Å²) in [6, 6.07) is 1.58. The average Bonchev–Trinajstić information content (AvgIpc) is 2.91. The number of nitrogens with zero attached hydrogens (tertiary/aromatic N) is 1. The molecule has 0 radical (unpaired) electrons. The largest absolute Gasteiger partial charge is 0.313 e. The Labute approximate surface area is 115 Å². The second kappa shape index (κ2) is 8.92. The Bertz CT molecular complexity index is 199. The highest BCUT2D eigenvalue weighted by atomic mass is 15.1. The molecule has 1 N–H and O–H groups in total. The summed E-state index contributed by atoms with van der Waals surface area (Å²) in [6.07, 6.45) is 9.61. The molecule has 2 nitrogen and oxygen atoms in total. The first kappa shape index (κ1) is 16.0. The SMILES string of the molecule is CCC(C)CC(CC)NCCN(C)C1CCCC1. The second-order valence-electron chi connectivity index (χ2n) is 6.23. The Hall–Kier alpha value is -0.0800. The zero-order valence-electron chi connectivity index (χ0n) is 13.0. The van der Waals surface area contributed by atoms with Gasteiger partial charge in [0.2, 0.25) is 0 Å². The molecular formula is C16H34N2. The van der Waals surface area contributed by atoms with Crippen molar-refractivity contribution in [3.05, 3.63) is 0 Å². The minimum absolute atomic E-state index is 0.719. The van der Waals surface area contributed by atoms with E-state index >= 15 is 0 Å². The summed E-state index contributed by atoms with van der Waals surface area (Å²) in [5, 5.41) is 3.75. The van der Waals surface area contributed by atoms with Gasteiger partial charge in [0.05, 0.1) is 0 Å². The van der Waals surface area contributed by atoms with Crippen LogP contribution in [-0.4, -0.2) is 37.1 Å². The van der Waals surface area contributed by atoms with Gasteiger partial charge in [-0.15, -0.1) is 0 Å². The van der Waals surface area contributed by atoms with Gasteiger partial charge in [-0.3, -0.25) is 0 Å². The molecule has 1 aliphatic rings. The molecule has 1 saturated carbocycles. The monoisotopic (exact) mass is 254 g/mol. The van der Waals surface area contributed by atoms with Crippen LogP contribution in [0.1, 0.15) is 65.7 Å². The van der Waals surface area contributed by atoms with E-state index in [1.165, 1.54) is 51.5 Å². The Morgan fingerprint density at radius 3 is 2.39 bits per heavy atom. The van der Waals surface area contributed by atoms with Gasteiger partial charge in [-0.2, -0.15) is 0 Å². The third-order valence-electron chi connectivity index (χ3n) is 4.72. The summed E-state index contributed by atoms with van der Waals surface area (Å²) in [5.74, 6) is 0.856. The number of likely N-dealkylation sites (N-methyl/N-ethyl adjacent to an activating group) is 1. The minimum atomic E-state index is 0.719. The zero-order chi connectivity index (χ0) is 13.4. The maximum atomic E-state index is 3.75. The van der Waals surface area contributed by atoms with Crippen LogP contribution in [0.15, 0.2) is 0 Å². The molecule has 0 bridgehead atoms. The van der Waals surface area contributed by atoms with Crippen molar-refractivity contribution in [2.24, 2.45) is 5.92 Å². The summed E-state index contributed by atoms with van der Waals surface area (Å²) in [6.45, 7) is 9.34. The van der Waals surface area contributed by atoms with Gasteiger partial charge in [0.1, 0.15) is 0 Å². The molecule has 0 amide bonds. The van der Waals surface area contributed by atoms with Gasteiger partial charge in [0, 0.05) is 25.2 Å². The van der Waals surface area contributed by atoms with Crippen LogP contribution < -0.4 is 5.32 Å². The van der Waals surface area contributed by atoms with Crippen LogP contribution in [0.4, 0.5) is 0 Å². The predicted molar refractivity (Wildman–Crippen MR) is 81.0 cm³/mol. The first-order valence-corrected chi connectivity index (χ1v) is 8.10. The van der Waals surface area contributed by atoms with Crippen molar-refractivity contribution < 1.29 is 0 Å². The molecule has 1 rings (SSSR count). The molecule has 18 heavy (non-hydrogen) atoms. The molecule has 1 aliphatic carbocycles. The number of nitrogens with one attached hydrogen (secondary N) is 1. The van der Waals surface area contributed by atoms with Gasteiger partial charge in [-0.1, -0.05) is 40.0 Å². The van der Waals surface area contributed by atoms with Crippen molar-refractivity contribution in [3.8, 4) is 0 Å². The molecule has 0 aliphatic heterocycles. The molecule has 0 saturated heterocycles. The molecule has 2 atom stereocenters. The molecule has 2 heteroatoms. The molecule has 0 aromatic carbocycles. The van der Waals surface area contributed by atoms with E-state index in [2.05, 4.69) is 38.0 Å². The third kappa shape index (κ3) is 5.71. The molecule has 2 unspecified atom stereocenters. The van der Waals surface area contributed by atoms with Crippen molar-refractivity contribution >= 4 is 0 Å². The molecule has 0 aromatic rings. The van der Waals surface area contributed by atoms with E-state index in [1.54, 1.807) is 0 Å². The summed E-state index contributed by atoms with van der Waals surface area (Å²) in [7, 11) is 2.30. The first-order valence-electron chi connectivity index (χ1n) is 8.10. The molecular weight excluding hydrogens is 220 g/mol. The fourth-order valence-electron chi connectivity index (χ4n) is 3.02. The smallest absolute Gasteiger partial charge is 0.0107 e. The van der Waals surface area contributed by atoms with E-state index < -0.39 is 0 Å². The van der Waals surface area contributed by atoms with Crippen LogP contribution in [0.25, 0.3) is 0 Å². The first-order chi connectivity index (χ1) is 8.67. The Balaban J connectivity index is 2.13. The lowest BCUT2D eigenvalue weighted by atomic mass is 9.98. The molecule has 1 fully saturated rings. The molecule has 108 valence electrons. The topological polar surface area (TPSA) is 15.3 Å². The minimum Gasteiger partial charge on any atom is -0.313 e. The van der Waals surface area contributed by atoms with Crippen molar-refractivity contribution in [3.63, 3.8) is 0 Å². The summed E-state index contributed by atoms with van der Waals surface area (Å²) >= 11 is 0. The Kier molecular flexibility index (Phi) is 7.92. The lowest BCUT2D eigenvalue weighted by Crippen LogP contribution is -2.39. The van der Waals surface area contributed by atoms with Gasteiger partial charge >= 0.3 is 0 Å². The third-order valence-corrected chi connectivity index (χ3v) is 4.72. The summed E-state index contributed by atoms with van der Waals surface area (Å²) in [5.41, 5.74) is 0. The van der Waals surface area contributed by atoms with E-state index in [0.29, 0.717) is 0 Å². The highest BCUT2D eigenvalue weighted by Crippen LogP contribution is 2.21. The molecule has 0 aromatic heterocycles. The Morgan fingerprint density at radius 2 is 1.83 bits per heavy atom. The fraction of sp³-hybridized carbons (Fsp3) is 1.00. The predicted octanol–water partition coefficient (Wildman–Crippen LogP) is 3.67. The number of hydrogen-bond acceptors (Lipinski definition) is 2. The quantitative estimate of drug-likeness (QED) is 0.675. The van der Waals surface area contributed by atoms with E-state index in [4.69, 9.17) is 0 Å². The van der Waals surface area contributed by atoms with Crippen molar-refractivity contribution in [2.75, 3.05) is 20.1 Å². The van der Waals surface area contributed by atoms with Gasteiger partial charge in [-0.05, 0) is 38.6 Å². The van der Waals surface area contributed by atoms with E-state index in [-0.39, 0.29) is 0 Å². The summed E-state index contributed by atoms with van der Waals surface area (Å²) in [4.78, 5) is 2.57. The summed E-state index contributed by atoms with van der Waals surface area (Å²) < 4.78 is 0. The van der Waals surface area contributed by atoms with Crippen LogP contribution >= 0.6 is 0 Å². The van der Waals surface area contributed by atoms with Crippen LogP contribution in [0, 0.1) is 5.92 Å². The van der Waals surface area contributed by atoms with Gasteiger partial charge in [-0.25, -0.2) is 0 Å². The van der Waals surface area contributed by atoms with Crippen LogP contribution in [0.2, 0.25) is 0 Å². The van der Waals surface area contributed by atoms with E-state index in [0.717, 1.165) is 24.5 Å². The fourth-order valence-corrected chi connectivity index (χ4v) is 3.02. The average molecular weight is 254 g/mol. The Morgan fingerprint density at radius 1 is 1.17 bits per heavy atom. The lowest BCUT2D eigenvalue weighted by molar-refractivity contribution is 0.238. The number of hydrogen-bond donors (Lipinski definition) is 1. The van der Waals surface area contributed by atoms with Crippen LogP contribution in [0.3, 0.4) is 0 Å². The highest BCUT2D eigenvalue weighted by molar-refractivity contribution is 4.76. The highest BCUT2D eigenvalue weighted by Gasteiger charge is 2.19. The molecule has 0 spiro atoms. The molecule has 0 heterocycles. The maximum absolute atomic E-state index is 3.75. The van der Waals surface area contributed by atoms with Crippen LogP contribution in [0.5, 0.6) is 0 Å². The van der Waals surface area contributed by atoms with Crippen molar-refractivity contribution in [1.29, 1.82) is 0 Å². The van der Waals surface area contributed by atoms with Gasteiger partial charge in [0.25, 0.3) is 0 Å². The van der Waals surface area contributed by atoms with E-state index in [9.17, 15) is 0 Å². The maximum Gasteiger partial charge on any atom is 0.0107 e. The number of rotatable bonds is 9. The zero-order valence-corrected chi connectivity index (χ0v) is 13.0. The standard InChI is InChI=1S/C16H34N2/c1-5-14(3)13-15(6-2)17-11-12-18(4)16-9-7-8-10-16/h14-17H,5-13H2,1-4H3. The van der Waals surface area contributed by atoms with Crippen LogP contribution in [-0.2, 0) is 0 Å². The lowest BCUT2D eigenvalue weighted by Gasteiger charge is -2.26. The second-order valence-corrected chi connectivity index (χ2v) is 6.23. The normalized spacial score (nSPS) is 20.5. The van der Waals surface area contributed by atoms with Gasteiger partial charge < -0.3 is 10.2 Å². The van der Waals surface area contributed by atoms with Crippen molar-refractivity contribution in [1.82, 2.24) is 10.2 Å².